The lowest BCUT2D eigenvalue weighted by molar-refractivity contribution is -0.108. The number of hydrogen-bond donors (Lipinski definition) is 0. The monoisotopic (exact) mass is 142 g/mol. The number of rotatable bonds is 2. The lowest BCUT2D eigenvalue weighted by Gasteiger charge is -2.11. The molecule has 1 aliphatic rings. The van der Waals surface area contributed by atoms with Gasteiger partial charge in [0.2, 0.25) is 0 Å². The van der Waals surface area contributed by atoms with Crippen LogP contribution in [0.5, 0.6) is 0 Å². The minimum Gasteiger partial charge on any atom is -0.326 e. The topological polar surface area (TPSA) is 40.6 Å². The lowest BCUT2D eigenvalue weighted by Crippen LogP contribution is -2.30. The van der Waals surface area contributed by atoms with Crippen LogP contribution in [0, 0.1) is 0 Å². The van der Waals surface area contributed by atoms with E-state index < -0.39 is 0 Å². The number of amides is 2. The highest BCUT2D eigenvalue weighted by Gasteiger charge is 2.23. The van der Waals surface area contributed by atoms with Crippen LogP contribution in [0.1, 0.15) is 0 Å². The highest BCUT2D eigenvalue weighted by Crippen LogP contribution is 2.03. The first-order chi connectivity index (χ1) is 4.75. The van der Waals surface area contributed by atoms with Gasteiger partial charge in [-0.2, -0.15) is 0 Å². The van der Waals surface area contributed by atoms with Gasteiger partial charge in [0.25, 0.3) is 0 Å². The number of carbonyl (C=O) groups excluding carboxylic acids is 2. The third-order valence-corrected chi connectivity index (χ3v) is 1.60. The summed E-state index contributed by atoms with van der Waals surface area (Å²) < 4.78 is 0. The molecule has 1 heterocycles. The van der Waals surface area contributed by atoms with Crippen LogP contribution in [0.25, 0.3) is 0 Å². The first-order valence-corrected chi connectivity index (χ1v) is 3.19. The molecule has 0 atom stereocenters. The Morgan fingerprint density at radius 2 is 2.30 bits per heavy atom. The van der Waals surface area contributed by atoms with Crippen molar-refractivity contribution in [2.75, 3.05) is 26.7 Å². The summed E-state index contributed by atoms with van der Waals surface area (Å²) in [6, 6.07) is -0.0490. The molecule has 1 fully saturated rings. The molecule has 0 aromatic heterocycles. The zero-order chi connectivity index (χ0) is 7.56. The Balaban J connectivity index is 2.48. The third-order valence-electron chi connectivity index (χ3n) is 1.60. The Labute approximate surface area is 59.4 Å². The van der Waals surface area contributed by atoms with Crippen molar-refractivity contribution < 1.29 is 9.59 Å². The normalized spacial score (nSPS) is 18.3. The van der Waals surface area contributed by atoms with Crippen LogP contribution in [0.2, 0.25) is 0 Å². The standard InChI is InChI=1S/C6H10N2O2/c1-7-2-3-8(4-5-9)6(7)10/h5H,2-4H2,1H3. The van der Waals surface area contributed by atoms with Gasteiger partial charge in [-0.25, -0.2) is 4.79 Å². The molecule has 1 aliphatic heterocycles. The van der Waals surface area contributed by atoms with Gasteiger partial charge in [0.15, 0.2) is 0 Å². The summed E-state index contributed by atoms with van der Waals surface area (Å²) in [4.78, 5) is 24.1. The van der Waals surface area contributed by atoms with Crippen LogP contribution in [0.4, 0.5) is 4.79 Å². The maximum atomic E-state index is 11.0. The predicted octanol–water partition coefficient (Wildman–Crippen LogP) is -0.447. The number of hydrogen-bond acceptors (Lipinski definition) is 2. The second-order valence-electron chi connectivity index (χ2n) is 2.32. The van der Waals surface area contributed by atoms with Crippen LogP contribution in [-0.4, -0.2) is 48.8 Å². The highest BCUT2D eigenvalue weighted by molar-refractivity contribution is 5.78. The van der Waals surface area contributed by atoms with Crippen molar-refractivity contribution in [2.45, 2.75) is 0 Å². The second-order valence-corrected chi connectivity index (χ2v) is 2.32. The second kappa shape index (κ2) is 2.68. The summed E-state index contributed by atoms with van der Waals surface area (Å²) in [5, 5.41) is 0. The summed E-state index contributed by atoms with van der Waals surface area (Å²) in [5.74, 6) is 0. The molecule has 10 heavy (non-hydrogen) atoms. The van der Waals surface area contributed by atoms with E-state index in [-0.39, 0.29) is 12.6 Å². The van der Waals surface area contributed by atoms with Gasteiger partial charge in [-0.1, -0.05) is 0 Å². The van der Waals surface area contributed by atoms with Crippen molar-refractivity contribution in [2.24, 2.45) is 0 Å². The molecule has 0 spiro atoms. The molecule has 0 aromatic carbocycles. The van der Waals surface area contributed by atoms with Crippen molar-refractivity contribution >= 4 is 12.3 Å². The minimum atomic E-state index is -0.0490. The summed E-state index contributed by atoms with van der Waals surface area (Å²) in [5.41, 5.74) is 0. The summed E-state index contributed by atoms with van der Waals surface area (Å²) >= 11 is 0. The minimum absolute atomic E-state index is 0.0490. The maximum absolute atomic E-state index is 11.0. The Morgan fingerprint density at radius 1 is 1.60 bits per heavy atom. The van der Waals surface area contributed by atoms with E-state index in [2.05, 4.69) is 0 Å². The molecule has 1 rings (SSSR count). The summed E-state index contributed by atoms with van der Waals surface area (Å²) in [6.07, 6.45) is 0.747. The first-order valence-electron chi connectivity index (χ1n) is 3.19. The first kappa shape index (κ1) is 7.05. The summed E-state index contributed by atoms with van der Waals surface area (Å²) in [7, 11) is 1.73. The Morgan fingerprint density at radius 3 is 2.70 bits per heavy atom. The SMILES string of the molecule is CN1CCN(CC=O)C1=O. The molecule has 0 N–H and O–H groups in total. The number of aldehydes is 1. The molecule has 56 valence electrons. The molecular formula is C6H10N2O2. The van der Waals surface area contributed by atoms with Gasteiger partial charge < -0.3 is 14.6 Å². The van der Waals surface area contributed by atoms with E-state index >= 15 is 0 Å². The molecule has 0 aliphatic carbocycles. The van der Waals surface area contributed by atoms with Gasteiger partial charge in [0.05, 0.1) is 6.54 Å². The number of nitrogens with zero attached hydrogens (tertiary/aromatic N) is 2. The zero-order valence-corrected chi connectivity index (χ0v) is 5.91. The zero-order valence-electron chi connectivity index (χ0n) is 5.91. The largest absolute Gasteiger partial charge is 0.326 e. The Bertz CT molecular complexity index is 158. The fourth-order valence-electron chi connectivity index (χ4n) is 0.963. The van der Waals surface area contributed by atoms with E-state index in [9.17, 15) is 9.59 Å². The van der Waals surface area contributed by atoms with Crippen molar-refractivity contribution in [1.29, 1.82) is 0 Å². The molecule has 4 nitrogen and oxygen atoms in total. The molecule has 2 amide bonds. The quantitative estimate of drug-likeness (QED) is 0.490. The fraction of sp³-hybridized carbons (Fsp3) is 0.667. The fourth-order valence-corrected chi connectivity index (χ4v) is 0.963. The number of urea groups is 1. The van der Waals surface area contributed by atoms with E-state index in [0.717, 1.165) is 12.8 Å². The van der Waals surface area contributed by atoms with E-state index in [0.29, 0.717) is 6.54 Å². The van der Waals surface area contributed by atoms with E-state index in [4.69, 9.17) is 0 Å². The average molecular weight is 142 g/mol. The smallest absolute Gasteiger partial charge is 0.320 e. The van der Waals surface area contributed by atoms with E-state index in [1.807, 2.05) is 0 Å². The summed E-state index contributed by atoms with van der Waals surface area (Å²) in [6.45, 7) is 1.63. The Hall–Kier alpha value is -1.06. The van der Waals surface area contributed by atoms with Gasteiger partial charge in [0, 0.05) is 20.1 Å². The van der Waals surface area contributed by atoms with Crippen LogP contribution in [-0.2, 0) is 4.79 Å². The molecule has 4 heteroatoms. The highest BCUT2D eigenvalue weighted by atomic mass is 16.2. The van der Waals surface area contributed by atoms with Crippen LogP contribution >= 0.6 is 0 Å². The van der Waals surface area contributed by atoms with Gasteiger partial charge in [-0.05, 0) is 0 Å². The van der Waals surface area contributed by atoms with Crippen molar-refractivity contribution in [3.63, 3.8) is 0 Å². The molecule has 0 saturated carbocycles. The molecular weight excluding hydrogens is 132 g/mol. The van der Waals surface area contributed by atoms with Gasteiger partial charge in [-0.15, -0.1) is 0 Å². The van der Waals surface area contributed by atoms with Crippen LogP contribution in [0.15, 0.2) is 0 Å². The predicted molar refractivity (Wildman–Crippen MR) is 35.7 cm³/mol. The third kappa shape index (κ3) is 1.10. The van der Waals surface area contributed by atoms with Crippen LogP contribution in [0.3, 0.4) is 0 Å². The number of carbonyl (C=O) groups is 2. The van der Waals surface area contributed by atoms with Gasteiger partial charge >= 0.3 is 6.03 Å². The Kier molecular flexibility index (Phi) is 1.89. The molecule has 0 unspecified atom stereocenters. The molecule has 0 radical (unpaired) electrons. The molecule has 1 saturated heterocycles. The molecule has 0 bridgehead atoms. The van der Waals surface area contributed by atoms with E-state index in [1.165, 1.54) is 4.90 Å². The van der Waals surface area contributed by atoms with Crippen LogP contribution < -0.4 is 0 Å². The van der Waals surface area contributed by atoms with Crippen molar-refractivity contribution in [3.8, 4) is 0 Å². The van der Waals surface area contributed by atoms with Gasteiger partial charge in [0.1, 0.15) is 6.29 Å². The van der Waals surface area contributed by atoms with Gasteiger partial charge in [-0.3, -0.25) is 0 Å². The average Bonchev–Trinajstić information content (AvgIpc) is 2.20. The molecule has 0 aromatic rings. The van der Waals surface area contributed by atoms with Crippen molar-refractivity contribution in [3.05, 3.63) is 0 Å². The lowest BCUT2D eigenvalue weighted by atomic mass is 10.6. The van der Waals surface area contributed by atoms with E-state index in [1.54, 1.807) is 11.9 Å². The number of likely N-dealkylation sites (N-methyl/N-ethyl adjacent to an activating group) is 1. The van der Waals surface area contributed by atoms with Crippen molar-refractivity contribution in [1.82, 2.24) is 9.80 Å². The maximum Gasteiger partial charge on any atom is 0.320 e.